The van der Waals surface area contributed by atoms with Crippen molar-refractivity contribution in [1.82, 2.24) is 5.32 Å². The van der Waals surface area contributed by atoms with Crippen molar-refractivity contribution < 1.29 is 9.90 Å². The molecule has 2 unspecified atom stereocenters. The zero-order chi connectivity index (χ0) is 10.8. The Morgan fingerprint density at radius 1 is 1.33 bits per heavy atom. The van der Waals surface area contributed by atoms with Crippen LogP contribution in [0.5, 0.6) is 0 Å². The molecule has 0 aromatic heterocycles. The van der Waals surface area contributed by atoms with Crippen LogP contribution in [0.1, 0.15) is 32.6 Å². The molecule has 1 aliphatic carbocycles. The molecule has 2 rings (SSSR count). The number of rotatable bonds is 3. The van der Waals surface area contributed by atoms with E-state index in [0.717, 1.165) is 37.3 Å². The average molecular weight is 211 g/mol. The first-order valence-corrected chi connectivity index (χ1v) is 6.09. The van der Waals surface area contributed by atoms with Crippen molar-refractivity contribution in [3.05, 3.63) is 0 Å². The Hall–Kier alpha value is -0.570. The van der Waals surface area contributed by atoms with Gasteiger partial charge in [0.15, 0.2) is 0 Å². The maximum atomic E-state index is 10.6. The summed E-state index contributed by atoms with van der Waals surface area (Å²) in [5, 5.41) is 12.2. The van der Waals surface area contributed by atoms with Crippen molar-refractivity contribution in [1.29, 1.82) is 0 Å². The van der Waals surface area contributed by atoms with Crippen LogP contribution in [0.4, 0.5) is 0 Å². The molecule has 3 heteroatoms. The molecule has 0 aromatic carbocycles. The lowest BCUT2D eigenvalue weighted by atomic mass is 9.65. The van der Waals surface area contributed by atoms with E-state index < -0.39 is 5.97 Å². The van der Waals surface area contributed by atoms with Gasteiger partial charge in [0.2, 0.25) is 0 Å². The second-order valence-electron chi connectivity index (χ2n) is 5.35. The molecular weight excluding hydrogens is 190 g/mol. The Kier molecular flexibility index (Phi) is 3.29. The third-order valence-corrected chi connectivity index (χ3v) is 4.13. The summed E-state index contributed by atoms with van der Waals surface area (Å²) in [7, 11) is 0. The van der Waals surface area contributed by atoms with Crippen LogP contribution in [-0.2, 0) is 4.79 Å². The summed E-state index contributed by atoms with van der Waals surface area (Å²) in [6.07, 6.45) is 3.81. The molecule has 86 valence electrons. The summed E-state index contributed by atoms with van der Waals surface area (Å²) in [5.41, 5.74) is 0. The van der Waals surface area contributed by atoms with Crippen LogP contribution in [0, 0.1) is 23.7 Å². The lowest BCUT2D eigenvalue weighted by Gasteiger charge is -2.45. The van der Waals surface area contributed by atoms with Gasteiger partial charge in [-0.25, -0.2) is 0 Å². The predicted octanol–water partition coefficient (Wildman–Crippen LogP) is 1.73. The van der Waals surface area contributed by atoms with Crippen molar-refractivity contribution in [3.8, 4) is 0 Å². The fourth-order valence-electron chi connectivity index (χ4n) is 3.55. The molecule has 1 saturated carbocycles. The molecule has 1 heterocycles. The van der Waals surface area contributed by atoms with E-state index in [-0.39, 0.29) is 0 Å². The summed E-state index contributed by atoms with van der Waals surface area (Å²) in [5.74, 6) is 2.32. The van der Waals surface area contributed by atoms with Crippen molar-refractivity contribution in [2.75, 3.05) is 13.1 Å². The molecule has 0 radical (unpaired) electrons. The topological polar surface area (TPSA) is 49.3 Å². The number of hydrogen-bond donors (Lipinski definition) is 2. The average Bonchev–Trinajstić information content (AvgIpc) is 2.14. The third kappa shape index (κ3) is 2.51. The molecule has 2 bridgehead atoms. The molecule has 3 nitrogen and oxygen atoms in total. The van der Waals surface area contributed by atoms with E-state index in [0.29, 0.717) is 12.3 Å². The van der Waals surface area contributed by atoms with Gasteiger partial charge in [-0.2, -0.15) is 0 Å². The molecule has 1 aliphatic heterocycles. The molecule has 2 aliphatic rings. The highest BCUT2D eigenvalue weighted by Gasteiger charge is 2.38. The second-order valence-corrected chi connectivity index (χ2v) is 5.35. The zero-order valence-corrected chi connectivity index (χ0v) is 9.41. The Morgan fingerprint density at radius 2 is 1.93 bits per heavy atom. The number of nitrogens with one attached hydrogen (secondary N) is 1. The number of hydrogen-bond acceptors (Lipinski definition) is 2. The maximum absolute atomic E-state index is 10.6. The summed E-state index contributed by atoms with van der Waals surface area (Å²) >= 11 is 0. The largest absolute Gasteiger partial charge is 0.481 e. The first-order valence-electron chi connectivity index (χ1n) is 6.09. The van der Waals surface area contributed by atoms with Gasteiger partial charge in [-0.3, -0.25) is 4.79 Å². The number of fused-ring (bicyclic) bond motifs is 2. The van der Waals surface area contributed by atoms with E-state index in [1.54, 1.807) is 0 Å². The van der Waals surface area contributed by atoms with Gasteiger partial charge in [-0.15, -0.1) is 0 Å². The summed E-state index contributed by atoms with van der Waals surface area (Å²) in [4.78, 5) is 10.6. The highest BCUT2D eigenvalue weighted by atomic mass is 16.4. The van der Waals surface area contributed by atoms with Crippen LogP contribution < -0.4 is 5.32 Å². The van der Waals surface area contributed by atoms with Gasteiger partial charge in [0.25, 0.3) is 0 Å². The summed E-state index contributed by atoms with van der Waals surface area (Å²) in [6, 6.07) is 0. The molecule has 0 amide bonds. The van der Waals surface area contributed by atoms with Gasteiger partial charge in [0.05, 0.1) is 0 Å². The molecule has 0 spiro atoms. The fraction of sp³-hybridized carbons (Fsp3) is 0.917. The molecule has 1 saturated heterocycles. The van der Waals surface area contributed by atoms with E-state index in [4.69, 9.17) is 5.11 Å². The fourth-order valence-corrected chi connectivity index (χ4v) is 3.55. The van der Waals surface area contributed by atoms with Crippen molar-refractivity contribution in [2.45, 2.75) is 32.6 Å². The van der Waals surface area contributed by atoms with E-state index in [1.165, 1.54) is 12.8 Å². The first-order chi connectivity index (χ1) is 7.16. The molecule has 0 aromatic rings. The number of aliphatic carboxylic acids is 1. The number of carboxylic acid groups (broad SMARTS) is 1. The van der Waals surface area contributed by atoms with Crippen molar-refractivity contribution >= 4 is 5.97 Å². The number of carbonyl (C=O) groups is 1. The Bertz CT molecular complexity index is 228. The smallest absolute Gasteiger partial charge is 0.303 e. The van der Waals surface area contributed by atoms with Crippen molar-refractivity contribution in [3.63, 3.8) is 0 Å². The van der Waals surface area contributed by atoms with Crippen LogP contribution in [0.2, 0.25) is 0 Å². The highest BCUT2D eigenvalue weighted by molar-refractivity contribution is 5.66. The SMILES string of the molecule is CC1CC2CNCC(C1)C2CCC(=O)O. The standard InChI is InChI=1S/C12H21NO2/c1-8-4-9-6-13-7-10(5-8)11(9)2-3-12(14)15/h8-11,13H,2-7H2,1H3,(H,14,15). The van der Waals surface area contributed by atoms with E-state index in [2.05, 4.69) is 12.2 Å². The van der Waals surface area contributed by atoms with Gasteiger partial charge in [-0.1, -0.05) is 6.92 Å². The lowest BCUT2D eigenvalue weighted by molar-refractivity contribution is -0.137. The van der Waals surface area contributed by atoms with Crippen LogP contribution >= 0.6 is 0 Å². The maximum Gasteiger partial charge on any atom is 0.303 e. The minimum atomic E-state index is -0.639. The van der Waals surface area contributed by atoms with E-state index in [9.17, 15) is 4.79 Å². The molecule has 15 heavy (non-hydrogen) atoms. The monoisotopic (exact) mass is 211 g/mol. The second kappa shape index (κ2) is 4.52. The highest BCUT2D eigenvalue weighted by Crippen LogP contribution is 2.42. The van der Waals surface area contributed by atoms with Crippen LogP contribution in [0.25, 0.3) is 0 Å². The van der Waals surface area contributed by atoms with Gasteiger partial charge in [-0.05, 0) is 56.0 Å². The molecule has 2 N–H and O–H groups in total. The predicted molar refractivity (Wildman–Crippen MR) is 58.6 cm³/mol. The van der Waals surface area contributed by atoms with Crippen LogP contribution in [-0.4, -0.2) is 24.2 Å². The Balaban J connectivity index is 1.95. The Labute approximate surface area is 91.2 Å². The van der Waals surface area contributed by atoms with E-state index in [1.807, 2.05) is 0 Å². The van der Waals surface area contributed by atoms with Crippen LogP contribution in [0.3, 0.4) is 0 Å². The van der Waals surface area contributed by atoms with Crippen molar-refractivity contribution in [2.24, 2.45) is 23.7 Å². The zero-order valence-electron chi connectivity index (χ0n) is 9.41. The van der Waals surface area contributed by atoms with Gasteiger partial charge in [0.1, 0.15) is 0 Å². The summed E-state index contributed by atoms with van der Waals surface area (Å²) < 4.78 is 0. The number of carboxylic acids is 1. The number of piperidine rings is 1. The molecule has 2 fully saturated rings. The van der Waals surface area contributed by atoms with Gasteiger partial charge >= 0.3 is 5.97 Å². The normalized spacial score (nSPS) is 40.1. The third-order valence-electron chi connectivity index (χ3n) is 4.13. The van der Waals surface area contributed by atoms with Gasteiger partial charge < -0.3 is 10.4 Å². The van der Waals surface area contributed by atoms with Gasteiger partial charge in [0, 0.05) is 6.42 Å². The quantitative estimate of drug-likeness (QED) is 0.747. The minimum absolute atomic E-state index is 0.353. The minimum Gasteiger partial charge on any atom is -0.481 e. The molecular formula is C12H21NO2. The summed E-state index contributed by atoms with van der Waals surface area (Å²) in [6.45, 7) is 4.54. The van der Waals surface area contributed by atoms with Crippen LogP contribution in [0.15, 0.2) is 0 Å². The van der Waals surface area contributed by atoms with E-state index >= 15 is 0 Å². The first kappa shape index (κ1) is 10.9. The lowest BCUT2D eigenvalue weighted by Crippen LogP contribution is -2.47. The molecule has 2 atom stereocenters. The Morgan fingerprint density at radius 3 is 2.47 bits per heavy atom.